The number of amides is 1. The van der Waals surface area contributed by atoms with Crippen LogP contribution in [0.1, 0.15) is 28.8 Å². The lowest BCUT2D eigenvalue weighted by atomic mass is 10.3. The topological polar surface area (TPSA) is 64.7 Å². The first-order chi connectivity index (χ1) is 10.2. The van der Waals surface area contributed by atoms with Crippen molar-refractivity contribution in [1.29, 1.82) is 0 Å². The molecule has 120 valence electrons. The van der Waals surface area contributed by atoms with Gasteiger partial charge in [-0.1, -0.05) is 11.6 Å². The Morgan fingerprint density at radius 3 is 2.59 bits per heavy atom. The lowest BCUT2D eigenvalue weighted by molar-refractivity contribution is -0.143. The summed E-state index contributed by atoms with van der Waals surface area (Å²) in [5.74, 6) is -0.790. The van der Waals surface area contributed by atoms with Crippen molar-refractivity contribution in [1.82, 2.24) is 24.9 Å². The third-order valence-corrected chi connectivity index (χ3v) is 3.28. The maximum atomic E-state index is 12.8. The van der Waals surface area contributed by atoms with Gasteiger partial charge in [0.2, 0.25) is 0 Å². The number of rotatable bonds is 4. The van der Waals surface area contributed by atoms with Gasteiger partial charge in [0.1, 0.15) is 5.02 Å². The maximum absolute atomic E-state index is 12.8. The molecule has 0 aliphatic rings. The van der Waals surface area contributed by atoms with Crippen molar-refractivity contribution in [2.24, 2.45) is 7.05 Å². The molecule has 1 amide bonds. The van der Waals surface area contributed by atoms with E-state index in [0.717, 1.165) is 7.05 Å². The molecule has 0 unspecified atom stereocenters. The SMILES string of the molecule is CCn1ccc(CNC(=O)c2nn(C)c(C(F)(F)F)c2Cl)n1. The van der Waals surface area contributed by atoms with Crippen molar-refractivity contribution in [3.8, 4) is 0 Å². The van der Waals surface area contributed by atoms with Gasteiger partial charge in [0.05, 0.1) is 12.2 Å². The molecule has 0 fully saturated rings. The minimum Gasteiger partial charge on any atom is -0.345 e. The smallest absolute Gasteiger partial charge is 0.345 e. The highest BCUT2D eigenvalue weighted by molar-refractivity contribution is 6.34. The summed E-state index contributed by atoms with van der Waals surface area (Å²) in [6.07, 6.45) is -2.95. The number of halogens is 4. The molecule has 1 N–H and O–H groups in total. The number of carbonyl (C=O) groups is 1. The molecule has 0 saturated heterocycles. The Bertz CT molecular complexity index is 691. The molecule has 0 saturated carbocycles. The quantitative estimate of drug-likeness (QED) is 0.932. The van der Waals surface area contributed by atoms with Gasteiger partial charge < -0.3 is 5.32 Å². The number of hydrogen-bond donors (Lipinski definition) is 1. The van der Waals surface area contributed by atoms with Crippen LogP contribution in [0.3, 0.4) is 0 Å². The minimum atomic E-state index is -4.68. The minimum absolute atomic E-state index is 0.0695. The first-order valence-corrected chi connectivity index (χ1v) is 6.72. The van der Waals surface area contributed by atoms with Gasteiger partial charge in [-0.05, 0) is 13.0 Å². The normalized spacial score (nSPS) is 11.7. The Balaban J connectivity index is 2.13. The first kappa shape index (κ1) is 16.3. The number of aromatic nitrogens is 4. The monoisotopic (exact) mass is 335 g/mol. The molecule has 10 heteroatoms. The summed E-state index contributed by atoms with van der Waals surface area (Å²) in [7, 11) is 1.08. The summed E-state index contributed by atoms with van der Waals surface area (Å²) >= 11 is 5.63. The Kier molecular flexibility index (Phi) is 4.45. The summed E-state index contributed by atoms with van der Waals surface area (Å²) < 4.78 is 40.6. The van der Waals surface area contributed by atoms with Gasteiger partial charge in [0, 0.05) is 19.8 Å². The number of nitrogens with zero attached hydrogens (tertiary/aromatic N) is 4. The molecule has 0 aromatic carbocycles. The van der Waals surface area contributed by atoms with Gasteiger partial charge in [-0.25, -0.2) is 0 Å². The number of carbonyl (C=O) groups excluding carboxylic acids is 1. The highest BCUT2D eigenvalue weighted by atomic mass is 35.5. The van der Waals surface area contributed by atoms with Crippen LogP contribution >= 0.6 is 11.6 Å². The van der Waals surface area contributed by atoms with Gasteiger partial charge >= 0.3 is 6.18 Å². The van der Waals surface area contributed by atoms with E-state index in [1.165, 1.54) is 0 Å². The molecule has 2 heterocycles. The predicted octanol–water partition coefficient (Wildman–Crippen LogP) is 2.24. The molecule has 2 aromatic rings. The van der Waals surface area contributed by atoms with Gasteiger partial charge in [-0.15, -0.1) is 0 Å². The van der Waals surface area contributed by atoms with Gasteiger partial charge in [-0.2, -0.15) is 23.4 Å². The molecule has 6 nitrogen and oxygen atoms in total. The average Bonchev–Trinajstić information content (AvgIpc) is 2.99. The van der Waals surface area contributed by atoms with E-state index in [2.05, 4.69) is 15.5 Å². The molecule has 0 spiro atoms. The number of nitrogens with one attached hydrogen (secondary N) is 1. The summed E-state index contributed by atoms with van der Waals surface area (Å²) in [4.78, 5) is 11.9. The summed E-state index contributed by atoms with van der Waals surface area (Å²) in [5, 5.41) is 9.41. The van der Waals surface area contributed by atoms with Crippen molar-refractivity contribution in [2.45, 2.75) is 26.2 Å². The number of hydrogen-bond acceptors (Lipinski definition) is 3. The van der Waals surface area contributed by atoms with Crippen LogP contribution in [0.2, 0.25) is 5.02 Å². The fourth-order valence-electron chi connectivity index (χ4n) is 1.88. The molecular formula is C12H13ClF3N5O. The highest BCUT2D eigenvalue weighted by Gasteiger charge is 2.39. The van der Waals surface area contributed by atoms with Gasteiger partial charge in [0.15, 0.2) is 11.4 Å². The third-order valence-electron chi connectivity index (χ3n) is 2.92. The molecule has 0 bridgehead atoms. The van der Waals surface area contributed by atoms with Crippen molar-refractivity contribution < 1.29 is 18.0 Å². The average molecular weight is 336 g/mol. The molecule has 2 rings (SSSR count). The molecule has 0 radical (unpaired) electrons. The van der Waals surface area contributed by atoms with E-state index in [4.69, 9.17) is 11.6 Å². The Labute approximate surface area is 128 Å². The zero-order chi connectivity index (χ0) is 16.5. The van der Waals surface area contributed by atoms with Crippen LogP contribution in [0.25, 0.3) is 0 Å². The fourth-order valence-corrected chi connectivity index (χ4v) is 2.23. The zero-order valence-corrected chi connectivity index (χ0v) is 12.5. The van der Waals surface area contributed by atoms with E-state index in [9.17, 15) is 18.0 Å². The van der Waals surface area contributed by atoms with E-state index in [-0.39, 0.29) is 6.54 Å². The second kappa shape index (κ2) is 5.99. The van der Waals surface area contributed by atoms with Crippen LogP contribution in [0.5, 0.6) is 0 Å². The molecule has 2 aromatic heterocycles. The van der Waals surface area contributed by atoms with Gasteiger partial charge in [-0.3, -0.25) is 14.2 Å². The molecule has 0 aliphatic carbocycles. The highest BCUT2D eigenvalue weighted by Crippen LogP contribution is 2.35. The van der Waals surface area contributed by atoms with Crippen molar-refractivity contribution in [3.05, 3.63) is 34.4 Å². The number of alkyl halides is 3. The molecule has 0 aliphatic heterocycles. The molecular weight excluding hydrogens is 323 g/mol. The van der Waals surface area contributed by atoms with Crippen LogP contribution in [-0.4, -0.2) is 25.5 Å². The van der Waals surface area contributed by atoms with Crippen LogP contribution in [0, 0.1) is 0 Å². The fraction of sp³-hybridized carbons (Fsp3) is 0.417. The van der Waals surface area contributed by atoms with E-state index < -0.39 is 28.5 Å². The summed E-state index contributed by atoms with van der Waals surface area (Å²) in [6.45, 7) is 2.65. The summed E-state index contributed by atoms with van der Waals surface area (Å²) in [6, 6.07) is 1.70. The number of aryl methyl sites for hydroxylation is 2. The predicted molar refractivity (Wildman–Crippen MR) is 72.3 cm³/mol. The second-order valence-corrected chi connectivity index (χ2v) is 4.86. The standard InChI is InChI=1S/C12H13ClF3N5O/c1-3-21-5-4-7(18-21)6-17-11(22)9-8(13)10(12(14,15)16)20(2)19-9/h4-5H,3,6H2,1-2H3,(H,17,22). The Hall–Kier alpha value is -2.03. The lowest BCUT2D eigenvalue weighted by Gasteiger charge is -2.06. The Morgan fingerprint density at radius 2 is 2.09 bits per heavy atom. The summed E-state index contributed by atoms with van der Waals surface area (Å²) in [5.41, 5.74) is -1.04. The van der Waals surface area contributed by atoms with Crippen molar-refractivity contribution in [3.63, 3.8) is 0 Å². The molecule has 0 atom stereocenters. The van der Waals surface area contributed by atoms with Crippen LogP contribution in [0.4, 0.5) is 13.2 Å². The van der Waals surface area contributed by atoms with Crippen LogP contribution < -0.4 is 5.32 Å². The van der Waals surface area contributed by atoms with Crippen molar-refractivity contribution in [2.75, 3.05) is 0 Å². The molecule has 22 heavy (non-hydrogen) atoms. The van der Waals surface area contributed by atoms with E-state index in [0.29, 0.717) is 16.9 Å². The zero-order valence-electron chi connectivity index (χ0n) is 11.8. The first-order valence-electron chi connectivity index (χ1n) is 6.34. The second-order valence-electron chi connectivity index (χ2n) is 4.48. The van der Waals surface area contributed by atoms with Crippen LogP contribution in [0.15, 0.2) is 12.3 Å². The van der Waals surface area contributed by atoms with E-state index in [1.54, 1.807) is 16.9 Å². The maximum Gasteiger partial charge on any atom is 0.434 e. The van der Waals surface area contributed by atoms with E-state index >= 15 is 0 Å². The van der Waals surface area contributed by atoms with Gasteiger partial charge in [0.25, 0.3) is 5.91 Å². The lowest BCUT2D eigenvalue weighted by Crippen LogP contribution is -2.24. The largest absolute Gasteiger partial charge is 0.434 e. The van der Waals surface area contributed by atoms with E-state index in [1.807, 2.05) is 6.92 Å². The third kappa shape index (κ3) is 3.24. The Morgan fingerprint density at radius 1 is 1.41 bits per heavy atom. The van der Waals surface area contributed by atoms with Crippen LogP contribution in [-0.2, 0) is 26.3 Å². The van der Waals surface area contributed by atoms with Crippen molar-refractivity contribution >= 4 is 17.5 Å².